The Morgan fingerprint density at radius 3 is 2.15 bits per heavy atom. The molecule has 1 heterocycles. The monoisotopic (exact) mass is 565 g/mol. The van der Waals surface area contributed by atoms with Crippen LogP contribution >= 0.6 is 0 Å². The van der Waals surface area contributed by atoms with E-state index in [9.17, 15) is 35.9 Å². The van der Waals surface area contributed by atoms with Gasteiger partial charge >= 0.3 is 12.4 Å². The van der Waals surface area contributed by atoms with Gasteiger partial charge in [-0.2, -0.15) is 26.3 Å². The first-order valence-corrected chi connectivity index (χ1v) is 12.2. The van der Waals surface area contributed by atoms with Crippen LogP contribution in [0.15, 0.2) is 53.7 Å². The molecule has 3 aromatic carbocycles. The molecule has 6 nitrogen and oxygen atoms in total. The molecule has 2 amide bonds. The molecule has 4 rings (SSSR count). The van der Waals surface area contributed by atoms with Gasteiger partial charge in [-0.25, -0.2) is 0 Å². The van der Waals surface area contributed by atoms with Crippen molar-refractivity contribution in [1.82, 2.24) is 10.6 Å². The maximum Gasteiger partial charge on any atom is 0.435 e. The highest BCUT2D eigenvalue weighted by molar-refractivity contribution is 6.16. The normalized spacial score (nSPS) is 17.4. The van der Waals surface area contributed by atoms with Gasteiger partial charge in [0.05, 0.1) is 12.3 Å². The van der Waals surface area contributed by atoms with Gasteiger partial charge in [0.15, 0.2) is 0 Å². The summed E-state index contributed by atoms with van der Waals surface area (Å²) in [7, 11) is 0. The Kier molecular flexibility index (Phi) is 7.57. The SMILES string of the molecule is Cc1cc(C2(C(F)(F)F)CC(c3ccc(C(=O)NCC(=O)NCC(F)(F)F)c4ccccc34)=NO2)cc(C)c1C. The van der Waals surface area contributed by atoms with Gasteiger partial charge in [0.25, 0.3) is 11.5 Å². The molecule has 0 radical (unpaired) electrons. The van der Waals surface area contributed by atoms with Gasteiger partial charge < -0.3 is 15.5 Å². The summed E-state index contributed by atoms with van der Waals surface area (Å²) in [4.78, 5) is 29.7. The molecule has 212 valence electrons. The Morgan fingerprint density at radius 1 is 0.925 bits per heavy atom. The molecule has 0 aliphatic carbocycles. The second-order valence-corrected chi connectivity index (χ2v) is 9.65. The largest absolute Gasteiger partial charge is 0.435 e. The number of fused-ring (bicyclic) bond motifs is 1. The highest BCUT2D eigenvalue weighted by Gasteiger charge is 2.62. The molecule has 1 atom stereocenters. The second-order valence-electron chi connectivity index (χ2n) is 9.65. The van der Waals surface area contributed by atoms with Crippen LogP contribution < -0.4 is 10.6 Å². The average molecular weight is 566 g/mol. The summed E-state index contributed by atoms with van der Waals surface area (Å²) in [5, 5.41) is 8.54. The van der Waals surface area contributed by atoms with Crippen molar-refractivity contribution < 1.29 is 40.8 Å². The van der Waals surface area contributed by atoms with E-state index >= 15 is 0 Å². The Bertz CT molecular complexity index is 1490. The average Bonchev–Trinajstić information content (AvgIpc) is 3.35. The maximum absolute atomic E-state index is 14.6. The van der Waals surface area contributed by atoms with Crippen molar-refractivity contribution in [2.75, 3.05) is 13.1 Å². The van der Waals surface area contributed by atoms with Gasteiger partial charge in [0, 0.05) is 23.1 Å². The molecule has 12 heteroatoms. The highest BCUT2D eigenvalue weighted by atomic mass is 19.4. The van der Waals surface area contributed by atoms with Crippen molar-refractivity contribution in [2.24, 2.45) is 5.16 Å². The number of rotatable bonds is 6. The van der Waals surface area contributed by atoms with Crippen molar-refractivity contribution in [2.45, 2.75) is 45.1 Å². The van der Waals surface area contributed by atoms with Gasteiger partial charge in [-0.1, -0.05) is 47.6 Å². The standard InChI is InChI=1S/C28H25F6N3O3/c1-15-10-18(11-16(2)17(15)3)26(28(32,33)34)12-23(37-40-26)21-8-9-22(20-7-5-4-6-19(20)21)25(39)35-13-24(38)36-14-27(29,30)31/h4-11H,12-14H2,1-3H3,(H,35,39)(H,36,38). The zero-order valence-corrected chi connectivity index (χ0v) is 21.7. The topological polar surface area (TPSA) is 79.8 Å². The van der Waals surface area contributed by atoms with Gasteiger partial charge in [-0.3, -0.25) is 9.59 Å². The lowest BCUT2D eigenvalue weighted by Gasteiger charge is -2.30. The van der Waals surface area contributed by atoms with E-state index in [0.29, 0.717) is 27.5 Å². The first-order chi connectivity index (χ1) is 18.6. The minimum Gasteiger partial charge on any atom is -0.374 e. The van der Waals surface area contributed by atoms with Crippen molar-refractivity contribution >= 4 is 28.3 Å². The predicted octanol–water partition coefficient (Wildman–Crippen LogP) is 5.76. The zero-order valence-electron chi connectivity index (χ0n) is 21.7. The lowest BCUT2D eigenvalue weighted by molar-refractivity contribution is -0.275. The zero-order chi connectivity index (χ0) is 29.5. The van der Waals surface area contributed by atoms with E-state index in [1.165, 1.54) is 24.3 Å². The van der Waals surface area contributed by atoms with E-state index < -0.39 is 49.3 Å². The molecule has 1 unspecified atom stereocenters. The third kappa shape index (κ3) is 5.61. The molecule has 0 fully saturated rings. The summed E-state index contributed by atoms with van der Waals surface area (Å²) in [6.45, 7) is 3.04. The van der Waals surface area contributed by atoms with Crippen molar-refractivity contribution in [1.29, 1.82) is 0 Å². The van der Waals surface area contributed by atoms with E-state index in [0.717, 1.165) is 5.56 Å². The lowest BCUT2D eigenvalue weighted by atomic mass is 9.83. The van der Waals surface area contributed by atoms with Gasteiger partial charge in [-0.05, 0) is 54.3 Å². The van der Waals surface area contributed by atoms with E-state index in [4.69, 9.17) is 4.84 Å². The van der Waals surface area contributed by atoms with Crippen LogP contribution in [-0.2, 0) is 15.2 Å². The molecule has 0 spiro atoms. The van der Waals surface area contributed by atoms with Crippen LogP contribution in [0.4, 0.5) is 26.3 Å². The van der Waals surface area contributed by atoms with Crippen molar-refractivity contribution in [3.05, 3.63) is 81.9 Å². The highest BCUT2D eigenvalue weighted by Crippen LogP contribution is 2.49. The summed E-state index contributed by atoms with van der Waals surface area (Å²) in [6.07, 6.45) is -10.00. The Labute approximate surface area is 225 Å². The lowest BCUT2D eigenvalue weighted by Crippen LogP contribution is -2.42. The molecule has 0 saturated carbocycles. The molecule has 1 aliphatic heterocycles. The second kappa shape index (κ2) is 10.5. The van der Waals surface area contributed by atoms with Gasteiger partial charge in [0.1, 0.15) is 6.54 Å². The van der Waals surface area contributed by atoms with Gasteiger partial charge in [-0.15, -0.1) is 0 Å². The molecule has 0 saturated heterocycles. The fourth-order valence-electron chi connectivity index (χ4n) is 4.58. The summed E-state index contributed by atoms with van der Waals surface area (Å²) in [5.74, 6) is -1.78. The minimum absolute atomic E-state index is 0.0305. The summed E-state index contributed by atoms with van der Waals surface area (Å²) in [6, 6.07) is 12.1. The molecular weight excluding hydrogens is 540 g/mol. The third-order valence-corrected chi connectivity index (χ3v) is 6.95. The maximum atomic E-state index is 14.6. The summed E-state index contributed by atoms with van der Waals surface area (Å²) < 4.78 is 80.6. The first-order valence-electron chi connectivity index (χ1n) is 12.2. The van der Waals surface area contributed by atoms with Crippen LogP contribution in [0.25, 0.3) is 10.8 Å². The molecular formula is C28H25F6N3O3. The Morgan fingerprint density at radius 2 is 1.55 bits per heavy atom. The molecule has 3 aromatic rings. The van der Waals surface area contributed by atoms with E-state index in [-0.39, 0.29) is 16.8 Å². The first kappa shape index (κ1) is 28.9. The fourth-order valence-corrected chi connectivity index (χ4v) is 4.58. The van der Waals surface area contributed by atoms with E-state index in [2.05, 4.69) is 10.5 Å². The molecule has 0 aromatic heterocycles. The number of hydrogen-bond donors (Lipinski definition) is 2. The number of nitrogens with one attached hydrogen (secondary N) is 2. The quantitative estimate of drug-likeness (QED) is 0.374. The number of carbonyl (C=O) groups is 2. The third-order valence-electron chi connectivity index (χ3n) is 6.95. The number of halogens is 6. The van der Waals surface area contributed by atoms with E-state index in [1.54, 1.807) is 43.4 Å². The Balaban J connectivity index is 1.63. The van der Waals surface area contributed by atoms with Crippen LogP contribution in [0.3, 0.4) is 0 Å². The van der Waals surface area contributed by atoms with Crippen LogP contribution in [0.5, 0.6) is 0 Å². The van der Waals surface area contributed by atoms with Crippen LogP contribution in [-0.4, -0.2) is 43.0 Å². The Hall–Kier alpha value is -4.09. The molecule has 0 bridgehead atoms. The number of benzene rings is 3. The van der Waals surface area contributed by atoms with Gasteiger partial charge in [0.2, 0.25) is 5.91 Å². The molecule has 40 heavy (non-hydrogen) atoms. The van der Waals surface area contributed by atoms with Crippen LogP contribution in [0.2, 0.25) is 0 Å². The summed E-state index contributed by atoms with van der Waals surface area (Å²) in [5.41, 5.74) is -0.0977. The number of amides is 2. The number of aryl methyl sites for hydroxylation is 2. The molecule has 2 N–H and O–H groups in total. The summed E-state index contributed by atoms with van der Waals surface area (Å²) >= 11 is 0. The predicted molar refractivity (Wildman–Crippen MR) is 136 cm³/mol. The number of carbonyl (C=O) groups excluding carboxylic acids is 2. The fraction of sp³-hybridized carbons (Fsp3) is 0.321. The van der Waals surface area contributed by atoms with E-state index in [1.807, 2.05) is 6.92 Å². The van der Waals surface area contributed by atoms with Crippen molar-refractivity contribution in [3.63, 3.8) is 0 Å². The molecule has 1 aliphatic rings. The number of nitrogens with zero attached hydrogens (tertiary/aromatic N) is 1. The minimum atomic E-state index is -4.80. The van der Waals surface area contributed by atoms with Crippen LogP contribution in [0.1, 0.15) is 44.6 Å². The van der Waals surface area contributed by atoms with Crippen LogP contribution in [0, 0.1) is 20.8 Å². The smallest absolute Gasteiger partial charge is 0.374 e. The number of oxime groups is 1. The number of alkyl halides is 6. The number of hydrogen-bond acceptors (Lipinski definition) is 4. The van der Waals surface area contributed by atoms with Crippen molar-refractivity contribution in [3.8, 4) is 0 Å².